The van der Waals surface area contributed by atoms with E-state index in [1.54, 1.807) is 18.2 Å². The van der Waals surface area contributed by atoms with Gasteiger partial charge in [-0.15, -0.1) is 0 Å². The molecule has 2 rings (SSSR count). The van der Waals surface area contributed by atoms with Crippen LogP contribution in [0, 0.1) is 10.1 Å². The van der Waals surface area contributed by atoms with Crippen LogP contribution in [0.15, 0.2) is 24.3 Å². The summed E-state index contributed by atoms with van der Waals surface area (Å²) >= 11 is 0. The van der Waals surface area contributed by atoms with Crippen molar-refractivity contribution in [2.24, 2.45) is 5.73 Å². The van der Waals surface area contributed by atoms with Crippen molar-refractivity contribution in [3.63, 3.8) is 0 Å². The fraction of sp³-hybridized carbons (Fsp3) is 0.100. The number of nitro benzene ring substituents is 1. The van der Waals surface area contributed by atoms with E-state index in [0.717, 1.165) is 11.1 Å². The summed E-state index contributed by atoms with van der Waals surface area (Å²) in [6.07, 6.45) is 3.52. The van der Waals surface area contributed by atoms with E-state index in [2.05, 4.69) is 10.2 Å². The second-order valence-corrected chi connectivity index (χ2v) is 3.23. The van der Waals surface area contributed by atoms with Crippen LogP contribution in [0.1, 0.15) is 5.69 Å². The fourth-order valence-corrected chi connectivity index (χ4v) is 1.44. The quantitative estimate of drug-likeness (QED) is 0.601. The molecule has 0 aliphatic carbocycles. The third kappa shape index (κ3) is 1.78. The maximum Gasteiger partial charge on any atom is 0.270 e. The second kappa shape index (κ2) is 4.11. The van der Waals surface area contributed by atoms with Gasteiger partial charge in [0.2, 0.25) is 0 Å². The van der Waals surface area contributed by atoms with Crippen LogP contribution in [-0.4, -0.2) is 21.7 Å². The molecule has 0 aliphatic heterocycles. The Labute approximate surface area is 90.9 Å². The lowest BCUT2D eigenvalue weighted by atomic mass is 10.2. The average molecular weight is 218 g/mol. The SMILES string of the molecule is NCC=Cc1[nH]nc2ccc([N+](=O)[O-])cc12. The minimum absolute atomic E-state index is 0.0521. The number of nitrogens with two attached hydrogens (primary N) is 1. The Hall–Kier alpha value is -2.21. The lowest BCUT2D eigenvalue weighted by Crippen LogP contribution is -1.92. The van der Waals surface area contributed by atoms with Gasteiger partial charge < -0.3 is 5.73 Å². The minimum atomic E-state index is -0.428. The molecule has 1 aromatic carbocycles. The predicted octanol–water partition coefficient (Wildman–Crippen LogP) is 1.44. The molecular formula is C10H10N4O2. The van der Waals surface area contributed by atoms with E-state index in [1.165, 1.54) is 12.1 Å². The summed E-state index contributed by atoms with van der Waals surface area (Å²) in [4.78, 5) is 10.2. The number of rotatable bonds is 3. The zero-order chi connectivity index (χ0) is 11.5. The highest BCUT2D eigenvalue weighted by molar-refractivity contribution is 5.88. The summed E-state index contributed by atoms with van der Waals surface area (Å²) in [6, 6.07) is 4.54. The number of hydrogen-bond acceptors (Lipinski definition) is 4. The Kier molecular flexibility index (Phi) is 2.65. The number of benzene rings is 1. The van der Waals surface area contributed by atoms with Gasteiger partial charge in [0.1, 0.15) is 0 Å². The van der Waals surface area contributed by atoms with Crippen LogP contribution in [0.5, 0.6) is 0 Å². The highest BCUT2D eigenvalue weighted by atomic mass is 16.6. The van der Waals surface area contributed by atoms with Crippen LogP contribution in [0.4, 0.5) is 5.69 Å². The number of nitrogens with zero attached hydrogens (tertiary/aromatic N) is 2. The molecule has 0 fully saturated rings. The second-order valence-electron chi connectivity index (χ2n) is 3.23. The molecule has 0 amide bonds. The molecule has 0 saturated heterocycles. The molecule has 2 aromatic rings. The first-order valence-corrected chi connectivity index (χ1v) is 4.71. The molecule has 0 bridgehead atoms. The van der Waals surface area contributed by atoms with Crippen LogP contribution in [0.3, 0.4) is 0 Å². The van der Waals surface area contributed by atoms with Crippen LogP contribution < -0.4 is 5.73 Å². The molecule has 82 valence electrons. The van der Waals surface area contributed by atoms with Gasteiger partial charge in [-0.05, 0) is 12.1 Å². The van der Waals surface area contributed by atoms with Gasteiger partial charge in [0.25, 0.3) is 5.69 Å². The third-order valence-electron chi connectivity index (χ3n) is 2.20. The van der Waals surface area contributed by atoms with Gasteiger partial charge in [-0.25, -0.2) is 0 Å². The number of fused-ring (bicyclic) bond motifs is 1. The predicted molar refractivity (Wildman–Crippen MR) is 60.8 cm³/mol. The molecule has 16 heavy (non-hydrogen) atoms. The van der Waals surface area contributed by atoms with E-state index in [-0.39, 0.29) is 5.69 Å². The highest BCUT2D eigenvalue weighted by Crippen LogP contribution is 2.22. The molecule has 1 aromatic heterocycles. The molecule has 0 aliphatic rings. The number of non-ortho nitro benzene ring substituents is 1. The maximum absolute atomic E-state index is 10.6. The Morgan fingerprint density at radius 3 is 3.06 bits per heavy atom. The summed E-state index contributed by atoms with van der Waals surface area (Å²) in [6.45, 7) is 0.412. The molecule has 6 nitrogen and oxygen atoms in total. The molecule has 0 radical (unpaired) electrons. The smallest absolute Gasteiger partial charge is 0.270 e. The monoisotopic (exact) mass is 218 g/mol. The van der Waals surface area contributed by atoms with E-state index in [9.17, 15) is 10.1 Å². The Balaban J connectivity index is 2.55. The van der Waals surface area contributed by atoms with E-state index in [1.807, 2.05) is 0 Å². The van der Waals surface area contributed by atoms with Gasteiger partial charge in [0.05, 0.1) is 16.1 Å². The number of nitro groups is 1. The summed E-state index contributed by atoms with van der Waals surface area (Å²) in [5, 5.41) is 18.2. The maximum atomic E-state index is 10.6. The number of nitrogens with one attached hydrogen (secondary N) is 1. The number of aromatic nitrogens is 2. The fourth-order valence-electron chi connectivity index (χ4n) is 1.44. The zero-order valence-electron chi connectivity index (χ0n) is 8.38. The molecule has 3 N–H and O–H groups in total. The van der Waals surface area contributed by atoms with E-state index >= 15 is 0 Å². The average Bonchev–Trinajstić information content (AvgIpc) is 2.68. The number of H-pyrrole nitrogens is 1. The molecule has 0 saturated carbocycles. The van der Waals surface area contributed by atoms with Crippen LogP contribution in [-0.2, 0) is 0 Å². The summed E-state index contributed by atoms with van der Waals surface area (Å²) < 4.78 is 0. The topological polar surface area (TPSA) is 97.8 Å². The van der Waals surface area contributed by atoms with Crippen molar-refractivity contribution < 1.29 is 4.92 Å². The number of aromatic amines is 1. The van der Waals surface area contributed by atoms with Crippen molar-refractivity contribution >= 4 is 22.7 Å². The van der Waals surface area contributed by atoms with E-state index in [4.69, 9.17) is 5.73 Å². The van der Waals surface area contributed by atoms with Crippen molar-refractivity contribution in [1.82, 2.24) is 10.2 Å². The first-order valence-electron chi connectivity index (χ1n) is 4.71. The van der Waals surface area contributed by atoms with Crippen molar-refractivity contribution in [2.45, 2.75) is 0 Å². The molecular weight excluding hydrogens is 208 g/mol. The van der Waals surface area contributed by atoms with Crippen molar-refractivity contribution in [2.75, 3.05) is 6.54 Å². The van der Waals surface area contributed by atoms with Crippen LogP contribution >= 0.6 is 0 Å². The molecule has 1 heterocycles. The number of hydrogen-bond donors (Lipinski definition) is 2. The van der Waals surface area contributed by atoms with Crippen molar-refractivity contribution in [3.8, 4) is 0 Å². The van der Waals surface area contributed by atoms with Gasteiger partial charge in [-0.3, -0.25) is 15.2 Å². The largest absolute Gasteiger partial charge is 0.327 e. The van der Waals surface area contributed by atoms with Gasteiger partial charge in [0, 0.05) is 24.1 Å². The van der Waals surface area contributed by atoms with Gasteiger partial charge in [-0.1, -0.05) is 6.08 Å². The lowest BCUT2D eigenvalue weighted by Gasteiger charge is -1.92. The molecule has 0 spiro atoms. The van der Waals surface area contributed by atoms with E-state index < -0.39 is 4.92 Å². The summed E-state index contributed by atoms with van der Waals surface area (Å²) in [5.41, 5.74) is 6.81. The van der Waals surface area contributed by atoms with Gasteiger partial charge in [0.15, 0.2) is 0 Å². The first kappa shape index (κ1) is 10.3. The van der Waals surface area contributed by atoms with Crippen LogP contribution in [0.25, 0.3) is 17.0 Å². The van der Waals surface area contributed by atoms with Gasteiger partial charge in [-0.2, -0.15) is 5.10 Å². The summed E-state index contributed by atoms with van der Waals surface area (Å²) in [5.74, 6) is 0. The van der Waals surface area contributed by atoms with Crippen LogP contribution in [0.2, 0.25) is 0 Å². The Morgan fingerprint density at radius 1 is 1.56 bits per heavy atom. The minimum Gasteiger partial charge on any atom is -0.327 e. The van der Waals surface area contributed by atoms with Gasteiger partial charge >= 0.3 is 0 Å². The molecule has 0 atom stereocenters. The zero-order valence-corrected chi connectivity index (χ0v) is 8.38. The van der Waals surface area contributed by atoms with Crippen molar-refractivity contribution in [1.29, 1.82) is 0 Å². The standard InChI is InChI=1S/C10H10N4O2/c11-5-1-2-9-8-6-7(14(15)16)3-4-10(8)13-12-9/h1-4,6H,5,11H2,(H,12,13). The Bertz CT molecular complexity index is 559. The summed E-state index contributed by atoms with van der Waals surface area (Å²) in [7, 11) is 0. The highest BCUT2D eigenvalue weighted by Gasteiger charge is 2.09. The molecule has 0 unspecified atom stereocenters. The normalized spacial score (nSPS) is 11.3. The lowest BCUT2D eigenvalue weighted by molar-refractivity contribution is -0.384. The van der Waals surface area contributed by atoms with E-state index in [0.29, 0.717) is 12.1 Å². The molecule has 6 heteroatoms. The third-order valence-corrected chi connectivity index (χ3v) is 2.20. The first-order chi connectivity index (χ1) is 7.72. The Morgan fingerprint density at radius 2 is 2.38 bits per heavy atom. The van der Waals surface area contributed by atoms with Crippen molar-refractivity contribution in [3.05, 3.63) is 40.1 Å².